The van der Waals surface area contributed by atoms with Crippen LogP contribution in [0.2, 0.25) is 0 Å². The molecule has 0 radical (unpaired) electrons. The standard InChI is InChI=1S/C13H15NO3S/c1-9(12-4-3-5-18-12)14-7-11-6-10(8-17-11)13(15)16-2/h3-6,8-9,14H,7H2,1-2H3/t9-/m0/s1. The van der Waals surface area contributed by atoms with Gasteiger partial charge in [-0.1, -0.05) is 6.07 Å². The van der Waals surface area contributed by atoms with Gasteiger partial charge in [-0.2, -0.15) is 0 Å². The van der Waals surface area contributed by atoms with Crippen LogP contribution in [0, 0.1) is 0 Å². The van der Waals surface area contributed by atoms with Crippen molar-refractivity contribution in [2.45, 2.75) is 19.5 Å². The van der Waals surface area contributed by atoms with Crippen molar-refractivity contribution in [3.05, 3.63) is 46.0 Å². The Morgan fingerprint density at radius 2 is 2.44 bits per heavy atom. The number of hydrogen-bond donors (Lipinski definition) is 1. The van der Waals surface area contributed by atoms with E-state index < -0.39 is 0 Å². The third-order valence-electron chi connectivity index (χ3n) is 2.63. The Hall–Kier alpha value is -1.59. The third kappa shape index (κ3) is 3.00. The molecule has 0 saturated carbocycles. The SMILES string of the molecule is COC(=O)c1coc(CN[C@@H](C)c2cccs2)c1. The van der Waals surface area contributed by atoms with Crippen LogP contribution >= 0.6 is 11.3 Å². The predicted molar refractivity (Wildman–Crippen MR) is 69.6 cm³/mol. The summed E-state index contributed by atoms with van der Waals surface area (Å²) in [5, 5.41) is 5.39. The van der Waals surface area contributed by atoms with Gasteiger partial charge in [0, 0.05) is 10.9 Å². The first-order chi connectivity index (χ1) is 8.70. The molecule has 4 nitrogen and oxygen atoms in total. The minimum atomic E-state index is -0.378. The second-order valence-corrected chi connectivity index (χ2v) is 4.89. The van der Waals surface area contributed by atoms with Crippen LogP contribution in [0.4, 0.5) is 0 Å². The zero-order valence-corrected chi connectivity index (χ0v) is 11.1. The van der Waals surface area contributed by atoms with E-state index in [0.29, 0.717) is 12.1 Å². The van der Waals surface area contributed by atoms with Crippen molar-refractivity contribution in [3.8, 4) is 0 Å². The second-order valence-electron chi connectivity index (χ2n) is 3.91. The van der Waals surface area contributed by atoms with Gasteiger partial charge < -0.3 is 14.5 Å². The molecule has 96 valence electrons. The monoisotopic (exact) mass is 265 g/mol. The Morgan fingerprint density at radius 3 is 3.11 bits per heavy atom. The Balaban J connectivity index is 1.90. The second kappa shape index (κ2) is 5.84. The Kier molecular flexibility index (Phi) is 4.17. The zero-order valence-electron chi connectivity index (χ0n) is 10.3. The summed E-state index contributed by atoms with van der Waals surface area (Å²) >= 11 is 1.71. The maximum atomic E-state index is 11.3. The Morgan fingerprint density at radius 1 is 1.61 bits per heavy atom. The topological polar surface area (TPSA) is 51.5 Å². The van der Waals surface area contributed by atoms with Crippen LogP contribution in [-0.4, -0.2) is 13.1 Å². The van der Waals surface area contributed by atoms with Crippen LogP contribution in [0.1, 0.15) is 34.0 Å². The van der Waals surface area contributed by atoms with Gasteiger partial charge in [-0.3, -0.25) is 0 Å². The van der Waals surface area contributed by atoms with Gasteiger partial charge in [-0.25, -0.2) is 4.79 Å². The normalized spacial score (nSPS) is 12.3. The predicted octanol–water partition coefficient (Wildman–Crippen LogP) is 2.98. The number of ether oxygens (including phenoxy) is 1. The molecule has 0 unspecified atom stereocenters. The van der Waals surface area contributed by atoms with E-state index in [0.717, 1.165) is 5.76 Å². The fraction of sp³-hybridized carbons (Fsp3) is 0.308. The summed E-state index contributed by atoms with van der Waals surface area (Å²) in [5.74, 6) is 0.343. The van der Waals surface area contributed by atoms with Gasteiger partial charge in [0.15, 0.2) is 0 Å². The van der Waals surface area contributed by atoms with E-state index in [1.54, 1.807) is 17.4 Å². The summed E-state index contributed by atoms with van der Waals surface area (Å²) in [6.45, 7) is 2.67. The summed E-state index contributed by atoms with van der Waals surface area (Å²) in [4.78, 5) is 12.5. The number of furan rings is 1. The van der Waals surface area contributed by atoms with E-state index in [-0.39, 0.29) is 12.0 Å². The quantitative estimate of drug-likeness (QED) is 0.844. The van der Waals surface area contributed by atoms with Crippen LogP contribution in [0.3, 0.4) is 0 Å². The minimum absolute atomic E-state index is 0.261. The lowest BCUT2D eigenvalue weighted by atomic mass is 10.2. The number of carbonyl (C=O) groups is 1. The first-order valence-corrected chi connectivity index (χ1v) is 6.51. The first kappa shape index (κ1) is 12.9. The van der Waals surface area contributed by atoms with E-state index in [4.69, 9.17) is 4.42 Å². The van der Waals surface area contributed by atoms with E-state index in [9.17, 15) is 4.79 Å². The van der Waals surface area contributed by atoms with Crippen LogP contribution in [0.15, 0.2) is 34.3 Å². The highest BCUT2D eigenvalue weighted by Crippen LogP contribution is 2.19. The molecular formula is C13H15NO3S. The van der Waals surface area contributed by atoms with Crippen molar-refractivity contribution in [1.82, 2.24) is 5.32 Å². The molecule has 0 bridgehead atoms. The van der Waals surface area contributed by atoms with E-state index in [2.05, 4.69) is 28.4 Å². The molecule has 0 fully saturated rings. The lowest BCUT2D eigenvalue weighted by molar-refractivity contribution is 0.0600. The molecule has 0 amide bonds. The van der Waals surface area contributed by atoms with Crippen molar-refractivity contribution in [3.63, 3.8) is 0 Å². The summed E-state index contributed by atoms with van der Waals surface area (Å²) in [6.07, 6.45) is 1.42. The van der Waals surface area contributed by atoms with Crippen LogP contribution < -0.4 is 5.32 Å². The molecule has 1 atom stereocenters. The number of carbonyl (C=O) groups excluding carboxylic acids is 1. The van der Waals surface area contributed by atoms with Gasteiger partial charge in [0.2, 0.25) is 0 Å². The van der Waals surface area contributed by atoms with E-state index >= 15 is 0 Å². The number of hydrogen-bond acceptors (Lipinski definition) is 5. The molecule has 2 heterocycles. The highest BCUT2D eigenvalue weighted by Gasteiger charge is 2.11. The van der Waals surface area contributed by atoms with Crippen LogP contribution in [0.25, 0.3) is 0 Å². The smallest absolute Gasteiger partial charge is 0.341 e. The Labute approximate surface area is 110 Å². The molecule has 0 aliphatic rings. The van der Waals surface area contributed by atoms with Crippen molar-refractivity contribution in [2.75, 3.05) is 7.11 Å². The van der Waals surface area contributed by atoms with Crippen molar-refractivity contribution in [1.29, 1.82) is 0 Å². The van der Waals surface area contributed by atoms with Gasteiger partial charge >= 0.3 is 5.97 Å². The van der Waals surface area contributed by atoms with Crippen molar-refractivity contribution >= 4 is 17.3 Å². The molecule has 0 aliphatic heterocycles. The number of esters is 1. The van der Waals surface area contributed by atoms with Crippen molar-refractivity contribution < 1.29 is 13.9 Å². The maximum absolute atomic E-state index is 11.3. The molecule has 5 heteroatoms. The number of nitrogens with one attached hydrogen (secondary N) is 1. The highest BCUT2D eigenvalue weighted by molar-refractivity contribution is 7.10. The van der Waals surface area contributed by atoms with Gasteiger partial charge in [-0.05, 0) is 24.4 Å². The maximum Gasteiger partial charge on any atom is 0.341 e. The highest BCUT2D eigenvalue weighted by atomic mass is 32.1. The van der Waals surface area contributed by atoms with Gasteiger partial charge in [0.1, 0.15) is 12.0 Å². The summed E-state index contributed by atoms with van der Waals surface area (Å²) in [5.41, 5.74) is 0.443. The van der Waals surface area contributed by atoms with Crippen molar-refractivity contribution in [2.24, 2.45) is 0 Å². The fourth-order valence-electron chi connectivity index (χ4n) is 1.59. The van der Waals surface area contributed by atoms with E-state index in [1.807, 2.05) is 6.07 Å². The summed E-state index contributed by atoms with van der Waals surface area (Å²) in [7, 11) is 1.35. The lowest BCUT2D eigenvalue weighted by Gasteiger charge is -2.10. The summed E-state index contributed by atoms with van der Waals surface area (Å²) < 4.78 is 9.91. The zero-order chi connectivity index (χ0) is 13.0. The van der Waals surface area contributed by atoms with Gasteiger partial charge in [0.25, 0.3) is 0 Å². The molecule has 0 aliphatic carbocycles. The van der Waals surface area contributed by atoms with Crippen LogP contribution in [0.5, 0.6) is 0 Å². The van der Waals surface area contributed by atoms with Gasteiger partial charge in [-0.15, -0.1) is 11.3 Å². The number of methoxy groups -OCH3 is 1. The molecule has 2 aromatic rings. The molecule has 0 spiro atoms. The van der Waals surface area contributed by atoms with Crippen LogP contribution in [-0.2, 0) is 11.3 Å². The largest absolute Gasteiger partial charge is 0.467 e. The number of rotatable bonds is 5. The number of thiophene rings is 1. The Bertz CT molecular complexity index is 504. The first-order valence-electron chi connectivity index (χ1n) is 5.63. The molecule has 2 aromatic heterocycles. The van der Waals surface area contributed by atoms with E-state index in [1.165, 1.54) is 18.3 Å². The average molecular weight is 265 g/mol. The third-order valence-corrected chi connectivity index (χ3v) is 3.68. The molecule has 2 rings (SSSR count). The average Bonchev–Trinajstić information content (AvgIpc) is 3.05. The molecule has 0 aromatic carbocycles. The molecular weight excluding hydrogens is 250 g/mol. The fourth-order valence-corrected chi connectivity index (χ4v) is 2.35. The summed E-state index contributed by atoms with van der Waals surface area (Å²) in [6, 6.07) is 6.07. The van der Waals surface area contributed by atoms with Gasteiger partial charge in [0.05, 0.1) is 19.2 Å². The molecule has 18 heavy (non-hydrogen) atoms. The minimum Gasteiger partial charge on any atom is -0.467 e. The molecule has 1 N–H and O–H groups in total. The lowest BCUT2D eigenvalue weighted by Crippen LogP contribution is -2.16. The molecule has 0 saturated heterocycles.